The highest BCUT2D eigenvalue weighted by atomic mass is 32.2. The third-order valence-electron chi connectivity index (χ3n) is 3.44. The van der Waals surface area contributed by atoms with Crippen LogP contribution in [0.4, 0.5) is 11.4 Å². The van der Waals surface area contributed by atoms with Crippen LogP contribution in [-0.2, 0) is 10.0 Å². The van der Waals surface area contributed by atoms with Crippen molar-refractivity contribution in [1.82, 2.24) is 9.97 Å². The van der Waals surface area contributed by atoms with Gasteiger partial charge in [0, 0.05) is 18.2 Å². The van der Waals surface area contributed by atoms with E-state index in [0.717, 1.165) is 6.26 Å². The molecule has 3 aromatic rings. The molecule has 3 rings (SSSR count). The molecule has 0 aliphatic carbocycles. The number of sulfonamides is 1. The second kappa shape index (κ2) is 6.06. The van der Waals surface area contributed by atoms with Gasteiger partial charge in [0.25, 0.3) is 5.69 Å². The summed E-state index contributed by atoms with van der Waals surface area (Å²) in [6, 6.07) is 9.11. The van der Waals surface area contributed by atoms with E-state index in [1.165, 1.54) is 25.3 Å². The number of ether oxygens (including phenoxy) is 1. The Morgan fingerprint density at radius 2 is 2.00 bits per heavy atom. The predicted octanol–water partition coefficient (Wildman–Crippen LogP) is 2.52. The molecule has 9 nitrogen and oxygen atoms in total. The number of hydrogen-bond donors (Lipinski definition) is 2. The summed E-state index contributed by atoms with van der Waals surface area (Å²) >= 11 is 0. The number of nitrogens with one attached hydrogen (secondary N) is 2. The average Bonchev–Trinajstić information content (AvgIpc) is 2.95. The summed E-state index contributed by atoms with van der Waals surface area (Å²) < 4.78 is 30.3. The van der Waals surface area contributed by atoms with Crippen LogP contribution in [0, 0.1) is 10.1 Å². The Kier molecular flexibility index (Phi) is 4.05. The number of imidazole rings is 1. The molecule has 2 aromatic carbocycles. The number of nitro groups is 1. The molecular formula is C15H14N4O5S. The minimum absolute atomic E-state index is 0.0507. The number of nitro benzene ring substituents is 1. The lowest BCUT2D eigenvalue weighted by molar-refractivity contribution is -0.384. The molecule has 0 spiro atoms. The minimum Gasteiger partial charge on any atom is -0.496 e. The van der Waals surface area contributed by atoms with Gasteiger partial charge in [0.2, 0.25) is 10.0 Å². The number of anilines is 1. The van der Waals surface area contributed by atoms with E-state index in [-0.39, 0.29) is 5.69 Å². The quantitative estimate of drug-likeness (QED) is 0.530. The number of non-ortho nitro benzene ring substituents is 1. The van der Waals surface area contributed by atoms with Crippen molar-refractivity contribution in [3.05, 3.63) is 46.5 Å². The van der Waals surface area contributed by atoms with Crippen molar-refractivity contribution in [3.63, 3.8) is 0 Å². The van der Waals surface area contributed by atoms with Gasteiger partial charge in [-0.2, -0.15) is 0 Å². The van der Waals surface area contributed by atoms with Crippen molar-refractivity contribution >= 4 is 32.4 Å². The van der Waals surface area contributed by atoms with Gasteiger partial charge in [-0.15, -0.1) is 0 Å². The summed E-state index contributed by atoms with van der Waals surface area (Å²) in [4.78, 5) is 17.8. The highest BCUT2D eigenvalue weighted by molar-refractivity contribution is 7.92. The van der Waals surface area contributed by atoms with Gasteiger partial charge < -0.3 is 9.72 Å². The minimum atomic E-state index is -3.41. The number of benzene rings is 2. The van der Waals surface area contributed by atoms with E-state index in [0.29, 0.717) is 33.9 Å². The molecule has 0 radical (unpaired) electrons. The smallest absolute Gasteiger partial charge is 0.271 e. The van der Waals surface area contributed by atoms with Gasteiger partial charge in [-0.05, 0) is 18.2 Å². The van der Waals surface area contributed by atoms with Gasteiger partial charge >= 0.3 is 0 Å². The second-order valence-corrected chi connectivity index (χ2v) is 7.08. The number of aromatic nitrogens is 2. The average molecular weight is 362 g/mol. The van der Waals surface area contributed by atoms with Gasteiger partial charge in [-0.3, -0.25) is 14.8 Å². The molecule has 0 aliphatic rings. The maximum absolute atomic E-state index is 11.3. The number of H-pyrrole nitrogens is 1. The van der Waals surface area contributed by atoms with Crippen LogP contribution in [-0.4, -0.2) is 36.7 Å². The normalized spacial score (nSPS) is 11.4. The monoisotopic (exact) mass is 362 g/mol. The molecule has 0 aliphatic heterocycles. The topological polar surface area (TPSA) is 127 Å². The highest BCUT2D eigenvalue weighted by Gasteiger charge is 2.15. The number of fused-ring (bicyclic) bond motifs is 1. The lowest BCUT2D eigenvalue weighted by Gasteiger charge is -2.09. The molecule has 2 N–H and O–H groups in total. The number of aromatic amines is 1. The number of methoxy groups -OCH3 is 1. The first-order valence-corrected chi connectivity index (χ1v) is 8.96. The van der Waals surface area contributed by atoms with Crippen LogP contribution in [0.2, 0.25) is 0 Å². The summed E-state index contributed by atoms with van der Waals surface area (Å²) in [5.74, 6) is 0.862. The SMILES string of the molecule is COc1cc(NS(C)(=O)=O)ccc1-c1nc2cc([N+](=O)[O-])ccc2[nH]1. The van der Waals surface area contributed by atoms with Gasteiger partial charge in [0.1, 0.15) is 11.6 Å². The van der Waals surface area contributed by atoms with Crippen molar-refractivity contribution in [2.24, 2.45) is 0 Å². The van der Waals surface area contributed by atoms with Crippen LogP contribution in [0.3, 0.4) is 0 Å². The van der Waals surface area contributed by atoms with Gasteiger partial charge in [-0.1, -0.05) is 0 Å². The molecule has 0 unspecified atom stereocenters. The highest BCUT2D eigenvalue weighted by Crippen LogP contribution is 2.32. The Hall–Kier alpha value is -3.14. The molecule has 25 heavy (non-hydrogen) atoms. The van der Waals surface area contributed by atoms with E-state index in [1.807, 2.05) is 0 Å². The van der Waals surface area contributed by atoms with Crippen LogP contribution >= 0.6 is 0 Å². The van der Waals surface area contributed by atoms with Crippen molar-refractivity contribution in [1.29, 1.82) is 0 Å². The fraction of sp³-hybridized carbons (Fsp3) is 0.133. The maximum Gasteiger partial charge on any atom is 0.271 e. The van der Waals surface area contributed by atoms with E-state index in [9.17, 15) is 18.5 Å². The largest absolute Gasteiger partial charge is 0.496 e. The van der Waals surface area contributed by atoms with Gasteiger partial charge in [0.15, 0.2) is 0 Å². The molecule has 0 saturated carbocycles. The first kappa shape index (κ1) is 16.7. The Balaban J connectivity index is 2.06. The summed E-state index contributed by atoms with van der Waals surface area (Å²) in [5, 5.41) is 10.9. The van der Waals surface area contributed by atoms with E-state index < -0.39 is 14.9 Å². The lowest BCUT2D eigenvalue weighted by atomic mass is 10.1. The lowest BCUT2D eigenvalue weighted by Crippen LogP contribution is -2.09. The zero-order valence-electron chi connectivity index (χ0n) is 13.3. The van der Waals surface area contributed by atoms with E-state index >= 15 is 0 Å². The summed E-state index contributed by atoms with van der Waals surface area (Å²) in [6.45, 7) is 0. The molecule has 0 amide bonds. The zero-order valence-corrected chi connectivity index (χ0v) is 14.1. The van der Waals surface area contributed by atoms with Gasteiger partial charge in [-0.25, -0.2) is 13.4 Å². The molecule has 0 atom stereocenters. The molecule has 10 heteroatoms. The molecule has 0 bridgehead atoms. The number of nitrogens with zero attached hydrogens (tertiary/aromatic N) is 2. The Morgan fingerprint density at radius 1 is 1.24 bits per heavy atom. The maximum atomic E-state index is 11.3. The van der Waals surface area contributed by atoms with Crippen molar-refractivity contribution in [3.8, 4) is 17.1 Å². The predicted molar refractivity (Wildman–Crippen MR) is 93.2 cm³/mol. The molecular weight excluding hydrogens is 348 g/mol. The summed E-state index contributed by atoms with van der Waals surface area (Å²) in [7, 11) is -1.95. The Bertz CT molecular complexity index is 1070. The molecule has 0 saturated heterocycles. The fourth-order valence-corrected chi connectivity index (χ4v) is 2.95. The summed E-state index contributed by atoms with van der Waals surface area (Å²) in [5.41, 5.74) is 1.99. The van der Waals surface area contributed by atoms with E-state index in [1.54, 1.807) is 18.2 Å². The van der Waals surface area contributed by atoms with Crippen LogP contribution < -0.4 is 9.46 Å². The van der Waals surface area contributed by atoms with Gasteiger partial charge in [0.05, 0.1) is 40.6 Å². The first-order valence-electron chi connectivity index (χ1n) is 7.07. The van der Waals surface area contributed by atoms with E-state index in [4.69, 9.17) is 4.74 Å². The second-order valence-electron chi connectivity index (χ2n) is 5.33. The molecule has 0 fully saturated rings. The Morgan fingerprint density at radius 3 is 2.64 bits per heavy atom. The van der Waals surface area contributed by atoms with E-state index in [2.05, 4.69) is 14.7 Å². The van der Waals surface area contributed by atoms with Crippen molar-refractivity contribution in [2.75, 3.05) is 18.1 Å². The standard InChI is InChI=1S/C15H14N4O5S/c1-24-14-7-9(18-25(2,22)23)3-5-11(14)15-16-12-6-4-10(19(20)21)8-13(12)17-15/h3-8,18H,1-2H3,(H,16,17). The van der Waals surface area contributed by atoms with Crippen LogP contribution in [0.15, 0.2) is 36.4 Å². The third-order valence-corrected chi connectivity index (χ3v) is 4.04. The fourth-order valence-electron chi connectivity index (χ4n) is 2.40. The molecule has 1 heterocycles. The van der Waals surface area contributed by atoms with Crippen LogP contribution in [0.1, 0.15) is 0 Å². The Labute approximate surface area is 142 Å². The summed E-state index contributed by atoms with van der Waals surface area (Å²) in [6.07, 6.45) is 1.06. The van der Waals surface area contributed by atoms with Crippen molar-refractivity contribution in [2.45, 2.75) is 0 Å². The third kappa shape index (κ3) is 3.53. The zero-order chi connectivity index (χ0) is 18.2. The molecule has 130 valence electrons. The number of rotatable bonds is 5. The van der Waals surface area contributed by atoms with Crippen LogP contribution in [0.5, 0.6) is 5.75 Å². The molecule has 1 aromatic heterocycles. The van der Waals surface area contributed by atoms with Crippen LogP contribution in [0.25, 0.3) is 22.4 Å². The first-order chi connectivity index (χ1) is 11.8. The van der Waals surface area contributed by atoms with Crippen molar-refractivity contribution < 1.29 is 18.1 Å². The number of hydrogen-bond acceptors (Lipinski definition) is 6.